The van der Waals surface area contributed by atoms with Crippen molar-refractivity contribution in [2.45, 2.75) is 30.6 Å². The molecule has 1 rings (SSSR count). The average molecular weight is 312 g/mol. The number of hydrogen-bond donors (Lipinski definition) is 2. The summed E-state index contributed by atoms with van der Waals surface area (Å²) >= 11 is 0. The zero-order valence-corrected chi connectivity index (χ0v) is 12.5. The zero-order chi connectivity index (χ0) is 14.7. The van der Waals surface area contributed by atoms with Gasteiger partial charge in [-0.3, -0.25) is 4.79 Å². The summed E-state index contributed by atoms with van der Waals surface area (Å²) in [5, 5.41) is 1.94. The first-order valence-electron chi connectivity index (χ1n) is 6.04. The highest BCUT2D eigenvalue weighted by Crippen LogP contribution is 2.18. The molecule has 1 aliphatic heterocycles. The molecule has 1 heterocycles. The second-order valence-electron chi connectivity index (χ2n) is 4.90. The van der Waals surface area contributed by atoms with Gasteiger partial charge in [0.1, 0.15) is 9.84 Å². The van der Waals surface area contributed by atoms with Gasteiger partial charge in [-0.25, -0.2) is 16.8 Å². The predicted octanol–water partition coefficient (Wildman–Crippen LogP) is -1.56. The second kappa shape index (κ2) is 6.19. The molecule has 2 unspecified atom stereocenters. The van der Waals surface area contributed by atoms with Crippen molar-refractivity contribution in [1.82, 2.24) is 5.32 Å². The molecule has 3 N–H and O–H groups in total. The molecule has 2 atom stereocenters. The highest BCUT2D eigenvalue weighted by atomic mass is 32.2. The first kappa shape index (κ1) is 16.4. The smallest absolute Gasteiger partial charge is 0.236 e. The Morgan fingerprint density at radius 1 is 1.47 bits per heavy atom. The van der Waals surface area contributed by atoms with Gasteiger partial charge in [-0.2, -0.15) is 0 Å². The van der Waals surface area contributed by atoms with Crippen LogP contribution < -0.4 is 11.1 Å². The van der Waals surface area contributed by atoms with Crippen molar-refractivity contribution >= 4 is 25.6 Å². The van der Waals surface area contributed by atoms with Crippen molar-refractivity contribution in [2.24, 2.45) is 5.73 Å². The van der Waals surface area contributed by atoms with E-state index in [-0.39, 0.29) is 24.5 Å². The molecule has 0 radical (unpaired) electrons. The van der Waals surface area contributed by atoms with E-state index in [2.05, 4.69) is 5.32 Å². The molecule has 0 aromatic carbocycles. The second-order valence-corrected chi connectivity index (χ2v) is 9.56. The number of carbonyl (C=O) groups excluding carboxylic acids is 1. The monoisotopic (exact) mass is 312 g/mol. The minimum atomic E-state index is -3.16. The first-order valence-corrected chi connectivity index (χ1v) is 9.82. The minimum absolute atomic E-state index is 0.0298. The molecule has 1 saturated heterocycles. The summed E-state index contributed by atoms with van der Waals surface area (Å²) in [4.78, 5) is 11.6. The molecule has 0 spiro atoms. The number of sulfone groups is 2. The molecular weight excluding hydrogens is 292 g/mol. The number of amides is 1. The third kappa shape index (κ3) is 5.45. The Labute approximate surface area is 113 Å². The highest BCUT2D eigenvalue weighted by Gasteiger charge is 2.31. The molecule has 1 aliphatic rings. The Morgan fingerprint density at radius 3 is 2.58 bits per heavy atom. The van der Waals surface area contributed by atoms with Crippen LogP contribution in [0.1, 0.15) is 19.3 Å². The van der Waals surface area contributed by atoms with Crippen molar-refractivity contribution in [3.63, 3.8) is 0 Å². The maximum absolute atomic E-state index is 11.6. The molecule has 0 bridgehead atoms. The first-order chi connectivity index (χ1) is 8.62. The Bertz CT molecular complexity index is 526. The van der Waals surface area contributed by atoms with Gasteiger partial charge < -0.3 is 11.1 Å². The van der Waals surface area contributed by atoms with E-state index in [1.54, 1.807) is 0 Å². The fourth-order valence-electron chi connectivity index (χ4n) is 1.91. The summed E-state index contributed by atoms with van der Waals surface area (Å²) < 4.78 is 45.0. The van der Waals surface area contributed by atoms with Gasteiger partial charge in [0.25, 0.3) is 0 Å². The summed E-state index contributed by atoms with van der Waals surface area (Å²) in [7, 11) is -6.25. The Kier molecular flexibility index (Phi) is 5.34. The van der Waals surface area contributed by atoms with E-state index in [9.17, 15) is 21.6 Å². The lowest BCUT2D eigenvalue weighted by Gasteiger charge is -2.14. The molecule has 7 nitrogen and oxygen atoms in total. The van der Waals surface area contributed by atoms with Crippen LogP contribution in [-0.4, -0.2) is 58.3 Å². The van der Waals surface area contributed by atoms with Crippen molar-refractivity contribution in [1.29, 1.82) is 0 Å². The van der Waals surface area contributed by atoms with Crippen molar-refractivity contribution in [3.8, 4) is 0 Å². The van der Waals surface area contributed by atoms with Gasteiger partial charge in [-0.05, 0) is 19.3 Å². The lowest BCUT2D eigenvalue weighted by molar-refractivity contribution is -0.122. The van der Waals surface area contributed by atoms with Gasteiger partial charge in [0.05, 0.1) is 22.8 Å². The van der Waals surface area contributed by atoms with Crippen LogP contribution in [0, 0.1) is 0 Å². The number of nitrogens with one attached hydrogen (secondary N) is 1. The van der Waals surface area contributed by atoms with E-state index >= 15 is 0 Å². The molecule has 1 amide bonds. The normalized spacial score (nSPS) is 24.0. The van der Waals surface area contributed by atoms with Gasteiger partial charge in [-0.1, -0.05) is 0 Å². The SMILES string of the molecule is CS(=O)(=O)CCC(N)C(=O)NCC1CCCS1(=O)=O. The van der Waals surface area contributed by atoms with Crippen LogP contribution in [-0.2, 0) is 24.5 Å². The zero-order valence-electron chi connectivity index (χ0n) is 10.8. The standard InChI is InChI=1S/C10H20N2O5S2/c1-18(14,15)6-4-9(11)10(13)12-7-8-3-2-5-19(8,16)17/h8-9H,2-7,11H2,1H3,(H,12,13). The van der Waals surface area contributed by atoms with Crippen LogP contribution in [0.3, 0.4) is 0 Å². The summed E-state index contributed by atoms with van der Waals surface area (Å²) in [6.45, 7) is 0.0493. The van der Waals surface area contributed by atoms with Crippen LogP contribution in [0.5, 0.6) is 0 Å². The van der Waals surface area contributed by atoms with Crippen LogP contribution in [0.4, 0.5) is 0 Å². The fraction of sp³-hybridized carbons (Fsp3) is 0.900. The third-order valence-electron chi connectivity index (χ3n) is 3.10. The fourth-order valence-corrected chi connectivity index (χ4v) is 4.35. The number of hydrogen-bond acceptors (Lipinski definition) is 6. The van der Waals surface area contributed by atoms with Gasteiger partial charge in [0, 0.05) is 12.8 Å². The van der Waals surface area contributed by atoms with Crippen LogP contribution in [0.2, 0.25) is 0 Å². The summed E-state index contributed by atoms with van der Waals surface area (Å²) in [5.41, 5.74) is 5.55. The van der Waals surface area contributed by atoms with Gasteiger partial charge >= 0.3 is 0 Å². The molecule has 0 aliphatic carbocycles. The Balaban J connectivity index is 2.39. The molecule has 0 saturated carbocycles. The van der Waals surface area contributed by atoms with Crippen LogP contribution >= 0.6 is 0 Å². The van der Waals surface area contributed by atoms with E-state index < -0.39 is 36.9 Å². The summed E-state index contributed by atoms with van der Waals surface area (Å²) in [6.07, 6.45) is 2.26. The molecule has 112 valence electrons. The number of carbonyl (C=O) groups is 1. The average Bonchev–Trinajstić information content (AvgIpc) is 2.61. The largest absolute Gasteiger partial charge is 0.353 e. The molecular formula is C10H20N2O5S2. The maximum atomic E-state index is 11.6. The minimum Gasteiger partial charge on any atom is -0.353 e. The van der Waals surface area contributed by atoms with E-state index in [1.807, 2.05) is 0 Å². The van der Waals surface area contributed by atoms with Crippen molar-refractivity contribution in [3.05, 3.63) is 0 Å². The Hall–Kier alpha value is -0.670. The van der Waals surface area contributed by atoms with Crippen LogP contribution in [0.25, 0.3) is 0 Å². The maximum Gasteiger partial charge on any atom is 0.236 e. The molecule has 19 heavy (non-hydrogen) atoms. The van der Waals surface area contributed by atoms with Crippen molar-refractivity contribution in [2.75, 3.05) is 24.3 Å². The van der Waals surface area contributed by atoms with E-state index in [0.29, 0.717) is 12.8 Å². The Morgan fingerprint density at radius 2 is 2.11 bits per heavy atom. The molecule has 1 fully saturated rings. The van der Waals surface area contributed by atoms with E-state index in [4.69, 9.17) is 5.73 Å². The topological polar surface area (TPSA) is 123 Å². The van der Waals surface area contributed by atoms with Gasteiger partial charge in [-0.15, -0.1) is 0 Å². The van der Waals surface area contributed by atoms with Crippen LogP contribution in [0.15, 0.2) is 0 Å². The summed E-state index contributed by atoms with van der Waals surface area (Å²) in [6, 6.07) is -0.932. The number of nitrogens with two attached hydrogens (primary N) is 1. The van der Waals surface area contributed by atoms with Gasteiger partial charge in [0.15, 0.2) is 9.84 Å². The highest BCUT2D eigenvalue weighted by molar-refractivity contribution is 7.92. The molecule has 0 aromatic heterocycles. The molecule has 0 aromatic rings. The quantitative estimate of drug-likeness (QED) is 0.611. The van der Waals surface area contributed by atoms with E-state index in [1.165, 1.54) is 0 Å². The third-order valence-corrected chi connectivity index (χ3v) is 6.36. The summed E-state index contributed by atoms with van der Waals surface area (Å²) in [5.74, 6) is -0.512. The van der Waals surface area contributed by atoms with Crippen molar-refractivity contribution < 1.29 is 21.6 Å². The lowest BCUT2D eigenvalue weighted by Crippen LogP contribution is -2.44. The van der Waals surface area contributed by atoms with E-state index in [0.717, 1.165) is 6.26 Å². The predicted molar refractivity (Wildman–Crippen MR) is 72.1 cm³/mol. The lowest BCUT2D eigenvalue weighted by atomic mass is 10.2. The van der Waals surface area contributed by atoms with Gasteiger partial charge in [0.2, 0.25) is 5.91 Å². The molecule has 9 heteroatoms. The number of rotatable bonds is 6.